The lowest BCUT2D eigenvalue weighted by atomic mass is 9.93. The van der Waals surface area contributed by atoms with E-state index in [1.807, 2.05) is 0 Å². The van der Waals surface area contributed by atoms with Gasteiger partial charge in [-0.3, -0.25) is 9.59 Å². The molecule has 0 atom stereocenters. The molecule has 0 radical (unpaired) electrons. The van der Waals surface area contributed by atoms with Crippen molar-refractivity contribution >= 4 is 23.4 Å². The van der Waals surface area contributed by atoms with Crippen LogP contribution in [0.15, 0.2) is 12.3 Å². The van der Waals surface area contributed by atoms with E-state index in [0.717, 1.165) is 12.3 Å². The van der Waals surface area contributed by atoms with Crippen molar-refractivity contribution in [1.82, 2.24) is 10.3 Å². The minimum absolute atomic E-state index is 0.0218. The lowest BCUT2D eigenvalue weighted by Gasteiger charge is -2.20. The summed E-state index contributed by atoms with van der Waals surface area (Å²) in [6, 6.07) is 0.974. The van der Waals surface area contributed by atoms with Gasteiger partial charge in [-0.05, 0) is 19.9 Å². The molecule has 1 heterocycles. The van der Waals surface area contributed by atoms with Crippen LogP contribution in [-0.4, -0.2) is 23.3 Å². The van der Waals surface area contributed by atoms with Crippen LogP contribution in [0.3, 0.4) is 0 Å². The summed E-state index contributed by atoms with van der Waals surface area (Å²) in [4.78, 5) is 26.3. The quantitative estimate of drug-likeness (QED) is 0.806. The molecule has 3 N–H and O–H groups in total. The average molecular weight is 274 g/mol. The van der Waals surface area contributed by atoms with Gasteiger partial charge >= 0.3 is 0 Å². The molecule has 1 aromatic rings. The van der Waals surface area contributed by atoms with E-state index in [-0.39, 0.29) is 17.3 Å². The van der Waals surface area contributed by atoms with Crippen molar-refractivity contribution in [2.75, 3.05) is 6.54 Å². The molecular weight excluding hydrogens is 261 g/mol. The Hall–Kier alpha value is -1.69. The van der Waals surface area contributed by atoms with Crippen molar-refractivity contribution in [3.8, 4) is 0 Å². The maximum Gasteiger partial charge on any atom is 0.254 e. The number of nitrogens with one attached hydrogen (secondary N) is 1. The number of carbonyl (C=O) groups is 2. The van der Waals surface area contributed by atoms with E-state index >= 15 is 0 Å². The van der Waals surface area contributed by atoms with Gasteiger partial charge in [0.2, 0.25) is 5.91 Å². The molecule has 7 heteroatoms. The summed E-state index contributed by atoms with van der Waals surface area (Å²) in [6.45, 7) is 3.19. The van der Waals surface area contributed by atoms with Gasteiger partial charge in [0.25, 0.3) is 5.91 Å². The van der Waals surface area contributed by atoms with Crippen LogP contribution in [0, 0.1) is 11.2 Å². The van der Waals surface area contributed by atoms with Crippen molar-refractivity contribution in [2.45, 2.75) is 13.8 Å². The molecule has 18 heavy (non-hydrogen) atoms. The second kappa shape index (κ2) is 5.30. The highest BCUT2D eigenvalue weighted by atomic mass is 35.5. The summed E-state index contributed by atoms with van der Waals surface area (Å²) in [5.41, 5.74) is 4.17. The first kappa shape index (κ1) is 14.4. The number of amides is 2. The highest BCUT2D eigenvalue weighted by molar-refractivity contribution is 6.32. The van der Waals surface area contributed by atoms with Crippen LogP contribution in [-0.2, 0) is 4.79 Å². The van der Waals surface area contributed by atoms with Crippen molar-refractivity contribution in [3.63, 3.8) is 0 Å². The minimum Gasteiger partial charge on any atom is -0.369 e. The fourth-order valence-corrected chi connectivity index (χ4v) is 1.25. The van der Waals surface area contributed by atoms with E-state index in [0.29, 0.717) is 0 Å². The summed E-state index contributed by atoms with van der Waals surface area (Å²) < 4.78 is 12.9. The molecule has 0 saturated carbocycles. The number of hydrogen-bond acceptors (Lipinski definition) is 3. The number of halogens is 2. The smallest absolute Gasteiger partial charge is 0.254 e. The Morgan fingerprint density at radius 1 is 1.56 bits per heavy atom. The molecular formula is C11H13ClFN3O2. The van der Waals surface area contributed by atoms with Crippen LogP contribution in [0.4, 0.5) is 4.39 Å². The van der Waals surface area contributed by atoms with Gasteiger partial charge in [-0.15, -0.1) is 0 Å². The normalized spacial score (nSPS) is 11.1. The third-order valence-corrected chi connectivity index (χ3v) is 2.71. The number of aromatic nitrogens is 1. The molecule has 1 rings (SSSR count). The van der Waals surface area contributed by atoms with Crippen LogP contribution < -0.4 is 11.1 Å². The second-order valence-corrected chi connectivity index (χ2v) is 4.78. The van der Waals surface area contributed by atoms with E-state index in [1.54, 1.807) is 13.8 Å². The molecule has 0 fully saturated rings. The average Bonchev–Trinajstić information content (AvgIpc) is 2.29. The summed E-state index contributed by atoms with van der Waals surface area (Å²) in [5.74, 6) is -1.83. The Labute approximate surface area is 109 Å². The Bertz CT molecular complexity index is 491. The second-order valence-electron chi connectivity index (χ2n) is 4.42. The molecule has 0 aliphatic carbocycles. The topological polar surface area (TPSA) is 85.1 Å². The first-order valence-corrected chi connectivity index (χ1v) is 5.51. The summed E-state index contributed by atoms with van der Waals surface area (Å²) in [5, 5.41) is 2.35. The number of nitrogens with two attached hydrogens (primary N) is 1. The van der Waals surface area contributed by atoms with E-state index in [9.17, 15) is 14.0 Å². The van der Waals surface area contributed by atoms with E-state index < -0.39 is 23.0 Å². The van der Waals surface area contributed by atoms with Crippen LogP contribution >= 0.6 is 11.6 Å². The van der Waals surface area contributed by atoms with Gasteiger partial charge < -0.3 is 11.1 Å². The van der Waals surface area contributed by atoms with Gasteiger partial charge in [0.1, 0.15) is 11.0 Å². The zero-order valence-corrected chi connectivity index (χ0v) is 10.7. The Balaban J connectivity index is 2.78. The van der Waals surface area contributed by atoms with Gasteiger partial charge in [-0.2, -0.15) is 0 Å². The molecule has 0 aliphatic rings. The molecule has 0 saturated heterocycles. The zero-order chi connectivity index (χ0) is 13.9. The van der Waals surface area contributed by atoms with Gasteiger partial charge in [-0.25, -0.2) is 9.37 Å². The fraction of sp³-hybridized carbons (Fsp3) is 0.364. The molecule has 1 aromatic heterocycles. The SMILES string of the molecule is CC(C)(CNC(=O)c1cc(F)cnc1Cl)C(N)=O. The van der Waals surface area contributed by atoms with Crippen LogP contribution in [0.2, 0.25) is 5.15 Å². The molecule has 0 unspecified atom stereocenters. The van der Waals surface area contributed by atoms with Crippen LogP contribution in [0.25, 0.3) is 0 Å². The number of nitrogens with zero attached hydrogens (tertiary/aromatic N) is 1. The maximum absolute atomic E-state index is 12.9. The summed E-state index contributed by atoms with van der Waals surface area (Å²) in [6.07, 6.45) is 0.909. The number of primary amides is 1. The lowest BCUT2D eigenvalue weighted by Crippen LogP contribution is -2.42. The van der Waals surface area contributed by atoms with Crippen molar-refractivity contribution < 1.29 is 14.0 Å². The van der Waals surface area contributed by atoms with Crippen LogP contribution in [0.1, 0.15) is 24.2 Å². The van der Waals surface area contributed by atoms with Crippen molar-refractivity contribution in [1.29, 1.82) is 0 Å². The summed E-state index contributed by atoms with van der Waals surface area (Å²) in [7, 11) is 0. The molecule has 98 valence electrons. The molecule has 0 spiro atoms. The maximum atomic E-state index is 12.9. The van der Waals surface area contributed by atoms with E-state index in [4.69, 9.17) is 17.3 Å². The van der Waals surface area contributed by atoms with E-state index in [2.05, 4.69) is 10.3 Å². The standard InChI is InChI=1S/C11H13ClFN3O2/c1-11(2,10(14)18)5-16-9(17)7-3-6(13)4-15-8(7)12/h3-4H,5H2,1-2H3,(H2,14,18)(H,16,17). The molecule has 0 aromatic carbocycles. The van der Waals surface area contributed by atoms with Gasteiger partial charge in [0.05, 0.1) is 17.2 Å². The van der Waals surface area contributed by atoms with Gasteiger partial charge in [0, 0.05) is 6.54 Å². The fourth-order valence-electron chi connectivity index (χ4n) is 1.07. The Kier molecular flexibility index (Phi) is 4.24. The summed E-state index contributed by atoms with van der Waals surface area (Å²) >= 11 is 5.67. The number of pyridine rings is 1. The largest absolute Gasteiger partial charge is 0.369 e. The Morgan fingerprint density at radius 3 is 2.72 bits per heavy atom. The molecule has 2 amide bonds. The minimum atomic E-state index is -0.900. The molecule has 0 bridgehead atoms. The highest BCUT2D eigenvalue weighted by Gasteiger charge is 2.26. The van der Waals surface area contributed by atoms with Crippen molar-refractivity contribution in [3.05, 3.63) is 28.8 Å². The predicted molar refractivity (Wildman–Crippen MR) is 64.5 cm³/mol. The highest BCUT2D eigenvalue weighted by Crippen LogP contribution is 2.15. The third kappa shape index (κ3) is 3.40. The zero-order valence-electron chi connectivity index (χ0n) is 9.96. The van der Waals surface area contributed by atoms with Crippen molar-refractivity contribution in [2.24, 2.45) is 11.1 Å². The molecule has 0 aliphatic heterocycles. The predicted octanol–water partition coefficient (Wildman–Crippen LogP) is 1.12. The molecule has 5 nitrogen and oxygen atoms in total. The van der Waals surface area contributed by atoms with Gasteiger partial charge in [-0.1, -0.05) is 11.6 Å². The Morgan fingerprint density at radius 2 is 2.17 bits per heavy atom. The van der Waals surface area contributed by atoms with Gasteiger partial charge in [0.15, 0.2) is 0 Å². The number of carbonyl (C=O) groups excluding carboxylic acids is 2. The number of rotatable bonds is 4. The first-order chi connectivity index (χ1) is 8.24. The monoisotopic (exact) mass is 273 g/mol. The lowest BCUT2D eigenvalue weighted by molar-refractivity contribution is -0.125. The number of hydrogen-bond donors (Lipinski definition) is 2. The third-order valence-electron chi connectivity index (χ3n) is 2.41. The van der Waals surface area contributed by atoms with E-state index in [1.165, 1.54) is 0 Å². The first-order valence-electron chi connectivity index (χ1n) is 5.13. The van der Waals surface area contributed by atoms with Crippen LogP contribution in [0.5, 0.6) is 0 Å².